The van der Waals surface area contributed by atoms with E-state index in [1.165, 1.54) is 17.8 Å². The highest BCUT2D eigenvalue weighted by atomic mass is 35.5. The van der Waals surface area contributed by atoms with Crippen LogP contribution in [-0.4, -0.2) is 23.7 Å². The zero-order chi connectivity index (χ0) is 17.5. The zero-order valence-corrected chi connectivity index (χ0v) is 14.7. The number of hydrogen-bond acceptors (Lipinski definition) is 4. The Morgan fingerprint density at radius 3 is 2.50 bits per heavy atom. The van der Waals surface area contributed by atoms with Crippen LogP contribution in [0.4, 0.5) is 0 Å². The average Bonchev–Trinajstić information content (AvgIpc) is 2.55. The third kappa shape index (κ3) is 5.28. The molecule has 0 saturated carbocycles. The van der Waals surface area contributed by atoms with Crippen molar-refractivity contribution in [3.8, 4) is 0 Å². The van der Waals surface area contributed by atoms with Crippen molar-refractivity contribution in [2.24, 2.45) is 0 Å². The van der Waals surface area contributed by atoms with E-state index in [1.54, 1.807) is 19.1 Å². The maximum atomic E-state index is 11.4. The van der Waals surface area contributed by atoms with Gasteiger partial charge in [0.05, 0.1) is 18.6 Å². The van der Waals surface area contributed by atoms with Crippen LogP contribution in [0.15, 0.2) is 47.4 Å². The van der Waals surface area contributed by atoms with Crippen molar-refractivity contribution in [3.05, 3.63) is 64.2 Å². The second-order valence-corrected chi connectivity index (χ2v) is 6.51. The Hall–Kier alpha value is -1.98. The van der Waals surface area contributed by atoms with Crippen molar-refractivity contribution in [2.45, 2.75) is 24.0 Å². The molecule has 4 nitrogen and oxygen atoms in total. The summed E-state index contributed by atoms with van der Waals surface area (Å²) < 4.78 is 4.92. The lowest BCUT2D eigenvalue weighted by atomic mass is 10.1. The molecule has 0 atom stereocenters. The third-order valence-electron chi connectivity index (χ3n) is 3.27. The van der Waals surface area contributed by atoms with Gasteiger partial charge in [-0.05, 0) is 42.3 Å². The summed E-state index contributed by atoms with van der Waals surface area (Å²) in [6, 6.07) is 12.5. The molecular formula is C18H17ClO4S. The number of aromatic carboxylic acids is 1. The van der Waals surface area contributed by atoms with Crippen LogP contribution in [0, 0.1) is 0 Å². The van der Waals surface area contributed by atoms with E-state index >= 15 is 0 Å². The van der Waals surface area contributed by atoms with E-state index in [4.69, 9.17) is 16.3 Å². The van der Waals surface area contributed by atoms with Gasteiger partial charge in [0, 0.05) is 15.7 Å². The molecule has 1 N–H and O–H groups in total. The number of halogens is 1. The minimum absolute atomic E-state index is 0.217. The Morgan fingerprint density at radius 2 is 1.88 bits per heavy atom. The molecule has 0 aromatic heterocycles. The number of carbonyl (C=O) groups is 2. The molecule has 0 saturated heterocycles. The van der Waals surface area contributed by atoms with Crippen LogP contribution in [0.5, 0.6) is 0 Å². The lowest BCUT2D eigenvalue weighted by Crippen LogP contribution is -2.07. The highest BCUT2D eigenvalue weighted by Gasteiger charge is 2.11. The Balaban J connectivity index is 2.00. The van der Waals surface area contributed by atoms with Gasteiger partial charge in [-0.2, -0.15) is 0 Å². The normalized spacial score (nSPS) is 10.4. The molecule has 0 aliphatic heterocycles. The fourth-order valence-corrected chi connectivity index (χ4v) is 3.19. The van der Waals surface area contributed by atoms with Gasteiger partial charge in [0.1, 0.15) is 0 Å². The van der Waals surface area contributed by atoms with Crippen LogP contribution in [0.1, 0.15) is 28.4 Å². The van der Waals surface area contributed by atoms with Gasteiger partial charge >= 0.3 is 11.9 Å². The van der Waals surface area contributed by atoms with Gasteiger partial charge < -0.3 is 9.84 Å². The maximum Gasteiger partial charge on any atom is 0.336 e. The van der Waals surface area contributed by atoms with E-state index in [2.05, 4.69) is 0 Å². The van der Waals surface area contributed by atoms with Crippen LogP contribution >= 0.6 is 23.4 Å². The molecule has 2 rings (SSSR count). The monoisotopic (exact) mass is 364 g/mol. The number of benzene rings is 2. The predicted molar refractivity (Wildman–Crippen MR) is 94.8 cm³/mol. The Bertz CT molecular complexity index is 728. The van der Waals surface area contributed by atoms with Crippen LogP contribution in [-0.2, 0) is 21.7 Å². The average molecular weight is 365 g/mol. The smallest absolute Gasteiger partial charge is 0.336 e. The second kappa shape index (κ2) is 8.76. The van der Waals surface area contributed by atoms with Gasteiger partial charge in [0.2, 0.25) is 0 Å². The summed E-state index contributed by atoms with van der Waals surface area (Å²) in [5.41, 5.74) is 1.82. The second-order valence-electron chi connectivity index (χ2n) is 5.02. The minimum Gasteiger partial charge on any atom is -0.478 e. The highest BCUT2D eigenvalue weighted by Crippen LogP contribution is 2.26. The van der Waals surface area contributed by atoms with Crippen molar-refractivity contribution in [1.82, 2.24) is 0 Å². The van der Waals surface area contributed by atoms with E-state index in [1.807, 2.05) is 24.3 Å². The highest BCUT2D eigenvalue weighted by molar-refractivity contribution is 7.98. The molecule has 0 amide bonds. The largest absolute Gasteiger partial charge is 0.478 e. The summed E-state index contributed by atoms with van der Waals surface area (Å²) in [4.78, 5) is 23.7. The van der Waals surface area contributed by atoms with E-state index in [0.29, 0.717) is 22.9 Å². The van der Waals surface area contributed by atoms with Crippen LogP contribution in [0.2, 0.25) is 5.02 Å². The predicted octanol–water partition coefficient (Wildman–Crippen LogP) is 4.44. The van der Waals surface area contributed by atoms with Crippen molar-refractivity contribution >= 4 is 35.3 Å². The molecule has 126 valence electrons. The zero-order valence-electron chi connectivity index (χ0n) is 13.1. The SMILES string of the molecule is CCOC(=O)Cc1ccc(SCc2ccc(Cl)cc2C(=O)O)cc1. The van der Waals surface area contributed by atoms with E-state index in [0.717, 1.165) is 10.5 Å². The summed E-state index contributed by atoms with van der Waals surface area (Å²) in [6.45, 7) is 2.15. The van der Waals surface area contributed by atoms with E-state index in [-0.39, 0.29) is 18.0 Å². The number of carbonyl (C=O) groups excluding carboxylic acids is 1. The molecule has 0 radical (unpaired) electrons. The summed E-state index contributed by atoms with van der Waals surface area (Å²) >= 11 is 7.38. The standard InChI is InChI=1S/C18H17ClO4S/c1-2-23-17(20)9-12-3-7-15(8-4-12)24-11-13-5-6-14(19)10-16(13)18(21)22/h3-8,10H,2,9,11H2,1H3,(H,21,22). The molecule has 0 unspecified atom stereocenters. The number of carboxylic acids is 1. The van der Waals surface area contributed by atoms with Crippen molar-refractivity contribution in [3.63, 3.8) is 0 Å². The fourth-order valence-electron chi connectivity index (χ4n) is 2.12. The van der Waals surface area contributed by atoms with Crippen molar-refractivity contribution < 1.29 is 19.4 Å². The quantitative estimate of drug-likeness (QED) is 0.581. The molecule has 0 aliphatic rings. The van der Waals surface area contributed by atoms with Gasteiger partial charge in [-0.15, -0.1) is 11.8 Å². The maximum absolute atomic E-state index is 11.4. The molecule has 2 aromatic carbocycles. The third-order valence-corrected chi connectivity index (χ3v) is 4.57. The first kappa shape index (κ1) is 18.4. The minimum atomic E-state index is -0.988. The molecular weight excluding hydrogens is 348 g/mol. The molecule has 0 fully saturated rings. The number of carboxylic acid groups (broad SMARTS) is 1. The Morgan fingerprint density at radius 1 is 1.17 bits per heavy atom. The van der Waals surface area contributed by atoms with E-state index in [9.17, 15) is 14.7 Å². The molecule has 0 spiro atoms. The molecule has 2 aromatic rings. The van der Waals surface area contributed by atoms with Gasteiger partial charge in [-0.25, -0.2) is 4.79 Å². The van der Waals surface area contributed by atoms with Crippen LogP contribution in [0.3, 0.4) is 0 Å². The van der Waals surface area contributed by atoms with Crippen molar-refractivity contribution in [1.29, 1.82) is 0 Å². The lowest BCUT2D eigenvalue weighted by Gasteiger charge is -2.07. The van der Waals surface area contributed by atoms with E-state index < -0.39 is 5.97 Å². The topological polar surface area (TPSA) is 63.6 Å². The van der Waals surface area contributed by atoms with Crippen LogP contribution in [0.25, 0.3) is 0 Å². The van der Waals surface area contributed by atoms with Crippen LogP contribution < -0.4 is 0 Å². The first-order valence-electron chi connectivity index (χ1n) is 7.38. The number of hydrogen-bond donors (Lipinski definition) is 1. The summed E-state index contributed by atoms with van der Waals surface area (Å²) in [7, 11) is 0. The summed E-state index contributed by atoms with van der Waals surface area (Å²) in [6.07, 6.45) is 0.249. The van der Waals surface area contributed by atoms with Crippen molar-refractivity contribution in [2.75, 3.05) is 6.61 Å². The Labute approximate surface area is 149 Å². The van der Waals surface area contributed by atoms with Gasteiger partial charge in [0.25, 0.3) is 0 Å². The fraction of sp³-hybridized carbons (Fsp3) is 0.222. The molecule has 0 aliphatic carbocycles. The van der Waals surface area contributed by atoms with Gasteiger partial charge in [0.15, 0.2) is 0 Å². The first-order chi connectivity index (χ1) is 11.5. The molecule has 0 bridgehead atoms. The molecule has 0 heterocycles. The molecule has 24 heavy (non-hydrogen) atoms. The number of ether oxygens (including phenoxy) is 1. The first-order valence-corrected chi connectivity index (χ1v) is 8.75. The van der Waals surface area contributed by atoms with Gasteiger partial charge in [-0.3, -0.25) is 4.79 Å². The lowest BCUT2D eigenvalue weighted by molar-refractivity contribution is -0.142. The number of rotatable bonds is 7. The van der Waals surface area contributed by atoms with Gasteiger partial charge in [-0.1, -0.05) is 29.8 Å². The Kier molecular flexibility index (Phi) is 6.70. The molecule has 6 heteroatoms. The number of esters is 1. The number of thioether (sulfide) groups is 1. The summed E-state index contributed by atoms with van der Waals surface area (Å²) in [5, 5.41) is 9.65. The summed E-state index contributed by atoms with van der Waals surface area (Å²) in [5.74, 6) is -0.709.